The number of halogens is 4. The lowest BCUT2D eigenvalue weighted by molar-refractivity contribution is -0.138. The van der Waals surface area contributed by atoms with Gasteiger partial charge in [0.05, 0.1) is 5.69 Å². The molecule has 0 aromatic carbocycles. The first-order valence-corrected chi connectivity index (χ1v) is 5.44. The van der Waals surface area contributed by atoms with E-state index in [1.165, 1.54) is 24.5 Å². The molecule has 0 aliphatic carbocycles. The van der Waals surface area contributed by atoms with Gasteiger partial charge in [-0.05, 0) is 23.7 Å². The van der Waals surface area contributed by atoms with E-state index in [9.17, 15) is 18.0 Å². The maximum absolute atomic E-state index is 13.0. The number of alkyl halides is 3. The van der Waals surface area contributed by atoms with Crippen LogP contribution in [0.2, 0.25) is 5.28 Å². The van der Waals surface area contributed by atoms with E-state index in [0.29, 0.717) is 4.57 Å². The summed E-state index contributed by atoms with van der Waals surface area (Å²) in [6.07, 6.45) is -2.20. The maximum atomic E-state index is 13.0. The molecule has 0 N–H and O–H groups in total. The van der Waals surface area contributed by atoms with E-state index < -0.39 is 23.0 Å². The van der Waals surface area contributed by atoms with Crippen molar-refractivity contribution in [2.75, 3.05) is 0 Å². The van der Waals surface area contributed by atoms with Crippen LogP contribution in [0.15, 0.2) is 29.3 Å². The summed E-state index contributed by atoms with van der Waals surface area (Å²) in [5, 5.41) is -0.315. The first kappa shape index (κ1) is 13.5. The molecule has 0 radical (unpaired) electrons. The zero-order valence-electron chi connectivity index (χ0n) is 9.57. The minimum Gasteiger partial charge on any atom is -0.286 e. The van der Waals surface area contributed by atoms with Gasteiger partial charge in [-0.2, -0.15) is 13.2 Å². The van der Waals surface area contributed by atoms with Crippen molar-refractivity contribution in [3.63, 3.8) is 0 Å². The Morgan fingerprint density at radius 1 is 1.26 bits per heavy atom. The predicted molar refractivity (Wildman–Crippen MR) is 62.7 cm³/mol. The Bertz CT molecular complexity index is 667. The molecule has 2 rings (SSSR count). The fourth-order valence-electron chi connectivity index (χ4n) is 1.55. The lowest BCUT2D eigenvalue weighted by Gasteiger charge is -2.13. The predicted octanol–water partition coefficient (Wildman–Crippen LogP) is 2.51. The average molecular weight is 290 g/mol. The second-order valence-corrected chi connectivity index (χ2v) is 4.04. The molecule has 0 atom stereocenters. The molecule has 0 fully saturated rings. The molecule has 100 valence electrons. The lowest BCUT2D eigenvalue weighted by Crippen LogP contribution is -2.29. The molecule has 2 heterocycles. The highest BCUT2D eigenvalue weighted by Crippen LogP contribution is 2.33. The van der Waals surface area contributed by atoms with Gasteiger partial charge in [0.2, 0.25) is 5.28 Å². The summed E-state index contributed by atoms with van der Waals surface area (Å²) in [5.41, 5.74) is -2.95. The van der Waals surface area contributed by atoms with Crippen LogP contribution in [0.5, 0.6) is 0 Å². The van der Waals surface area contributed by atoms with E-state index in [0.717, 1.165) is 7.05 Å². The van der Waals surface area contributed by atoms with E-state index >= 15 is 0 Å². The van der Waals surface area contributed by atoms with E-state index in [-0.39, 0.29) is 10.8 Å². The number of hydrogen-bond donors (Lipinski definition) is 0. The third kappa shape index (κ3) is 2.46. The molecule has 0 bridgehead atoms. The molecular formula is C11H7ClF3N3O. The van der Waals surface area contributed by atoms with Crippen LogP contribution in [0.3, 0.4) is 0 Å². The quantitative estimate of drug-likeness (QED) is 0.758. The number of pyridine rings is 1. The Balaban J connectivity index is 2.85. The summed E-state index contributed by atoms with van der Waals surface area (Å²) in [6.45, 7) is 0. The van der Waals surface area contributed by atoms with Crippen molar-refractivity contribution in [2.24, 2.45) is 7.05 Å². The van der Waals surface area contributed by atoms with E-state index in [4.69, 9.17) is 11.6 Å². The van der Waals surface area contributed by atoms with Crippen LogP contribution in [0, 0.1) is 0 Å². The van der Waals surface area contributed by atoms with Gasteiger partial charge in [0, 0.05) is 25.0 Å². The summed E-state index contributed by atoms with van der Waals surface area (Å²) in [6, 6.07) is 2.65. The van der Waals surface area contributed by atoms with Crippen LogP contribution in [0.1, 0.15) is 5.56 Å². The largest absolute Gasteiger partial charge is 0.423 e. The van der Waals surface area contributed by atoms with Gasteiger partial charge in [-0.25, -0.2) is 4.98 Å². The SMILES string of the molecule is Cn1c(Cl)nc(-c2ccncc2)c(C(F)(F)F)c1=O. The molecule has 2 aromatic rings. The standard InChI is InChI=1S/C11H7ClF3N3O/c1-18-9(19)7(11(13,14)15)8(17-10(18)12)6-2-4-16-5-3-6/h2-5H,1H3. The Morgan fingerprint density at radius 2 is 1.84 bits per heavy atom. The van der Waals surface area contributed by atoms with Crippen molar-refractivity contribution < 1.29 is 13.2 Å². The van der Waals surface area contributed by atoms with E-state index in [2.05, 4.69) is 9.97 Å². The molecule has 0 unspecified atom stereocenters. The molecule has 0 saturated heterocycles. The monoisotopic (exact) mass is 289 g/mol. The van der Waals surface area contributed by atoms with Crippen molar-refractivity contribution in [1.29, 1.82) is 0 Å². The molecule has 19 heavy (non-hydrogen) atoms. The number of aromatic nitrogens is 3. The molecule has 0 saturated carbocycles. The van der Waals surface area contributed by atoms with Crippen molar-refractivity contribution in [2.45, 2.75) is 6.18 Å². The van der Waals surface area contributed by atoms with Gasteiger partial charge >= 0.3 is 6.18 Å². The molecule has 2 aromatic heterocycles. The van der Waals surface area contributed by atoms with E-state index in [1.807, 2.05) is 0 Å². The Hall–Kier alpha value is -1.89. The minimum atomic E-state index is -4.81. The van der Waals surface area contributed by atoms with Gasteiger partial charge in [0.25, 0.3) is 5.56 Å². The van der Waals surface area contributed by atoms with Gasteiger partial charge in [0.15, 0.2) is 0 Å². The van der Waals surface area contributed by atoms with Gasteiger partial charge in [-0.15, -0.1) is 0 Å². The topological polar surface area (TPSA) is 47.8 Å². The van der Waals surface area contributed by atoms with Crippen LogP contribution in [0.4, 0.5) is 13.2 Å². The fourth-order valence-corrected chi connectivity index (χ4v) is 1.71. The fraction of sp³-hybridized carbons (Fsp3) is 0.182. The Morgan fingerprint density at radius 3 is 2.37 bits per heavy atom. The molecule has 0 aliphatic rings. The zero-order valence-corrected chi connectivity index (χ0v) is 10.3. The first-order chi connectivity index (χ1) is 8.82. The van der Waals surface area contributed by atoms with Crippen molar-refractivity contribution in [3.8, 4) is 11.3 Å². The smallest absolute Gasteiger partial charge is 0.286 e. The molecule has 4 nitrogen and oxygen atoms in total. The summed E-state index contributed by atoms with van der Waals surface area (Å²) < 4.78 is 39.6. The average Bonchev–Trinajstić information content (AvgIpc) is 2.35. The Kier molecular flexibility index (Phi) is 3.32. The third-order valence-electron chi connectivity index (χ3n) is 2.47. The van der Waals surface area contributed by atoms with E-state index in [1.54, 1.807) is 0 Å². The van der Waals surface area contributed by atoms with Crippen LogP contribution < -0.4 is 5.56 Å². The van der Waals surface area contributed by atoms with Gasteiger partial charge < -0.3 is 0 Å². The summed E-state index contributed by atoms with van der Waals surface area (Å²) >= 11 is 5.66. The first-order valence-electron chi connectivity index (χ1n) is 5.06. The summed E-state index contributed by atoms with van der Waals surface area (Å²) in [5.74, 6) is 0. The summed E-state index contributed by atoms with van der Waals surface area (Å²) in [4.78, 5) is 19.1. The summed E-state index contributed by atoms with van der Waals surface area (Å²) in [7, 11) is 1.13. The van der Waals surface area contributed by atoms with Crippen LogP contribution >= 0.6 is 11.6 Å². The normalized spacial score (nSPS) is 11.6. The highest BCUT2D eigenvalue weighted by atomic mass is 35.5. The van der Waals surface area contributed by atoms with Crippen molar-refractivity contribution in [3.05, 3.63) is 45.7 Å². The van der Waals surface area contributed by atoms with Gasteiger partial charge in [-0.3, -0.25) is 14.3 Å². The van der Waals surface area contributed by atoms with Crippen molar-refractivity contribution >= 4 is 11.6 Å². The highest BCUT2D eigenvalue weighted by Gasteiger charge is 2.39. The zero-order chi connectivity index (χ0) is 14.2. The molecule has 0 aliphatic heterocycles. The molecule has 8 heteroatoms. The second kappa shape index (κ2) is 4.65. The van der Waals surface area contributed by atoms with Gasteiger partial charge in [0.1, 0.15) is 5.56 Å². The molecular weight excluding hydrogens is 283 g/mol. The Labute approximate surface area is 110 Å². The lowest BCUT2D eigenvalue weighted by atomic mass is 10.1. The maximum Gasteiger partial charge on any atom is 0.423 e. The second-order valence-electron chi connectivity index (χ2n) is 3.70. The van der Waals surface area contributed by atoms with Crippen LogP contribution in [-0.4, -0.2) is 14.5 Å². The van der Waals surface area contributed by atoms with Crippen LogP contribution in [-0.2, 0) is 13.2 Å². The number of hydrogen-bond acceptors (Lipinski definition) is 3. The van der Waals surface area contributed by atoms with Gasteiger partial charge in [-0.1, -0.05) is 0 Å². The highest BCUT2D eigenvalue weighted by molar-refractivity contribution is 6.28. The van der Waals surface area contributed by atoms with Crippen LogP contribution in [0.25, 0.3) is 11.3 Å². The number of nitrogens with zero attached hydrogens (tertiary/aromatic N) is 3. The minimum absolute atomic E-state index is 0.127. The van der Waals surface area contributed by atoms with Crippen molar-refractivity contribution in [1.82, 2.24) is 14.5 Å². The molecule has 0 spiro atoms. The molecule has 0 amide bonds. The number of rotatable bonds is 1. The third-order valence-corrected chi connectivity index (χ3v) is 2.81.